The van der Waals surface area contributed by atoms with Crippen LogP contribution in [0.1, 0.15) is 39.0 Å². The second kappa shape index (κ2) is 10.3. The highest BCUT2D eigenvalue weighted by Crippen LogP contribution is 2.53. The van der Waals surface area contributed by atoms with Crippen LogP contribution in [0.2, 0.25) is 0 Å². The van der Waals surface area contributed by atoms with Crippen LogP contribution in [0.3, 0.4) is 0 Å². The Morgan fingerprint density at radius 2 is 1.97 bits per heavy atom. The first-order valence-corrected chi connectivity index (χ1v) is 12.8. The Morgan fingerprint density at radius 1 is 1.21 bits per heavy atom. The number of hydrogen-bond donors (Lipinski definition) is 2. The second-order valence-electron chi connectivity index (χ2n) is 8.18. The average Bonchev–Trinajstić information content (AvgIpc) is 3.32. The van der Waals surface area contributed by atoms with E-state index in [-0.39, 0.29) is 17.6 Å². The van der Waals surface area contributed by atoms with Crippen molar-refractivity contribution in [3.63, 3.8) is 0 Å². The highest BCUT2D eigenvalue weighted by atomic mass is 32.2. The van der Waals surface area contributed by atoms with Crippen LogP contribution >= 0.6 is 23.1 Å². The highest BCUT2D eigenvalue weighted by Gasteiger charge is 2.51. The Labute approximate surface area is 201 Å². The van der Waals surface area contributed by atoms with Crippen molar-refractivity contribution >= 4 is 50.8 Å². The van der Waals surface area contributed by atoms with Gasteiger partial charge in [0, 0.05) is 33.9 Å². The molecule has 2 heterocycles. The number of nitrogens with one attached hydrogen (secondary N) is 2. The van der Waals surface area contributed by atoms with E-state index in [0.717, 1.165) is 32.1 Å². The Kier molecular flexibility index (Phi) is 7.26. The first-order chi connectivity index (χ1) is 16.0. The van der Waals surface area contributed by atoms with Gasteiger partial charge in [0.15, 0.2) is 5.13 Å². The number of aliphatic imine (C=N–C) groups is 1. The summed E-state index contributed by atoms with van der Waals surface area (Å²) in [6, 6.07) is 11.8. The summed E-state index contributed by atoms with van der Waals surface area (Å²) in [5, 5.41) is 18.9. The van der Waals surface area contributed by atoms with E-state index in [1.807, 2.05) is 37.3 Å². The Balaban J connectivity index is 1.61. The van der Waals surface area contributed by atoms with Crippen molar-refractivity contribution in [2.24, 2.45) is 16.3 Å². The minimum atomic E-state index is -0.591. The summed E-state index contributed by atoms with van der Waals surface area (Å²) < 4.78 is 0. The number of hydrogen-bond acceptors (Lipinski definition) is 7. The van der Waals surface area contributed by atoms with E-state index in [0.29, 0.717) is 27.1 Å². The number of carbonyl (C=O) groups is 2. The lowest BCUT2D eigenvalue weighted by atomic mass is 9.60. The van der Waals surface area contributed by atoms with Gasteiger partial charge in [0.2, 0.25) is 5.91 Å². The van der Waals surface area contributed by atoms with Crippen molar-refractivity contribution in [2.45, 2.75) is 39.0 Å². The first-order valence-electron chi connectivity index (χ1n) is 10.9. The molecule has 170 valence electrons. The topological polar surface area (TPSA) is 107 Å². The monoisotopic (exact) mass is 479 g/mol. The third-order valence-electron chi connectivity index (χ3n) is 6.10. The Hall–Kier alpha value is -2.96. The molecule has 2 aliphatic rings. The molecule has 1 aliphatic heterocycles. The van der Waals surface area contributed by atoms with Crippen molar-refractivity contribution in [3.05, 3.63) is 53.2 Å². The van der Waals surface area contributed by atoms with E-state index in [9.17, 15) is 14.9 Å². The van der Waals surface area contributed by atoms with Gasteiger partial charge in [-0.2, -0.15) is 5.26 Å². The van der Waals surface area contributed by atoms with Crippen LogP contribution in [0, 0.1) is 22.7 Å². The number of thiazole rings is 1. The molecular weight excluding hydrogens is 454 g/mol. The molecule has 0 bridgehead atoms. The Bertz CT molecular complexity index is 1110. The maximum atomic E-state index is 13.4. The van der Waals surface area contributed by atoms with Crippen LogP contribution in [-0.4, -0.2) is 27.6 Å². The van der Waals surface area contributed by atoms with Gasteiger partial charge in [-0.05, 0) is 31.9 Å². The van der Waals surface area contributed by atoms with E-state index in [2.05, 4.69) is 26.7 Å². The van der Waals surface area contributed by atoms with Crippen LogP contribution in [0.4, 0.5) is 10.8 Å². The fourth-order valence-corrected chi connectivity index (χ4v) is 6.27. The molecule has 33 heavy (non-hydrogen) atoms. The number of benzene rings is 1. The van der Waals surface area contributed by atoms with Gasteiger partial charge in [0.1, 0.15) is 5.92 Å². The standard InChI is InChI=1S/C24H25N5O2S2/c1-16-20(21(31)28-17-8-4-2-5-9-17)24(10-6-3-7-11-24)18(14-25)22(27-16)33-15-19(30)29-23-26-12-13-32-23/h2,4-5,8-9,12-13,18H,3,6-7,10-11,15H2,1H3,(H,28,31)(H,26,29,30). The van der Waals surface area contributed by atoms with Gasteiger partial charge in [0.25, 0.3) is 5.91 Å². The predicted octanol–water partition coefficient (Wildman–Crippen LogP) is 5.23. The lowest BCUT2D eigenvalue weighted by Crippen LogP contribution is -2.44. The molecule has 1 fully saturated rings. The van der Waals surface area contributed by atoms with E-state index in [1.165, 1.54) is 23.1 Å². The van der Waals surface area contributed by atoms with Gasteiger partial charge in [-0.1, -0.05) is 49.2 Å². The highest BCUT2D eigenvalue weighted by molar-refractivity contribution is 8.14. The van der Waals surface area contributed by atoms with Crippen LogP contribution < -0.4 is 10.6 Å². The number of allylic oxidation sites excluding steroid dienone is 1. The van der Waals surface area contributed by atoms with Gasteiger partial charge in [0.05, 0.1) is 16.9 Å². The summed E-state index contributed by atoms with van der Waals surface area (Å²) in [4.78, 5) is 34.6. The summed E-state index contributed by atoms with van der Waals surface area (Å²) in [7, 11) is 0. The molecule has 7 nitrogen and oxygen atoms in total. The van der Waals surface area contributed by atoms with Crippen molar-refractivity contribution in [1.82, 2.24) is 4.98 Å². The predicted molar refractivity (Wildman–Crippen MR) is 133 cm³/mol. The quantitative estimate of drug-likeness (QED) is 0.611. The van der Waals surface area contributed by atoms with Crippen molar-refractivity contribution < 1.29 is 9.59 Å². The number of anilines is 2. The summed E-state index contributed by atoms with van der Waals surface area (Å²) in [6.07, 6.45) is 6.14. The zero-order valence-corrected chi connectivity index (χ0v) is 20.0. The van der Waals surface area contributed by atoms with E-state index >= 15 is 0 Å². The van der Waals surface area contributed by atoms with Crippen molar-refractivity contribution in [3.8, 4) is 6.07 Å². The molecule has 1 aromatic carbocycles. The number of rotatable bonds is 5. The largest absolute Gasteiger partial charge is 0.322 e. The number of thioether (sulfide) groups is 1. The SMILES string of the molecule is CC1=C(C(=O)Nc2ccccc2)C2(CCCCC2)C(C#N)C(SCC(=O)Nc2nccs2)=N1. The van der Waals surface area contributed by atoms with Crippen LogP contribution in [0.15, 0.2) is 58.2 Å². The van der Waals surface area contributed by atoms with Crippen LogP contribution in [0.25, 0.3) is 0 Å². The molecule has 1 aromatic heterocycles. The lowest BCUT2D eigenvalue weighted by Gasteiger charge is -2.44. The Morgan fingerprint density at radius 3 is 2.64 bits per heavy atom. The summed E-state index contributed by atoms with van der Waals surface area (Å²) >= 11 is 2.63. The van der Waals surface area contributed by atoms with Crippen molar-refractivity contribution in [1.29, 1.82) is 5.26 Å². The fourth-order valence-electron chi connectivity index (χ4n) is 4.73. The summed E-state index contributed by atoms with van der Waals surface area (Å²) in [5.41, 5.74) is 1.35. The molecule has 2 N–H and O–H groups in total. The van der Waals surface area contributed by atoms with Gasteiger partial charge >= 0.3 is 0 Å². The number of amides is 2. The number of nitrogens with zero attached hydrogens (tertiary/aromatic N) is 3. The smallest absolute Gasteiger partial charge is 0.254 e. The molecule has 1 atom stereocenters. The van der Waals surface area contributed by atoms with Crippen LogP contribution in [-0.2, 0) is 9.59 Å². The first kappa shape index (κ1) is 23.2. The van der Waals surface area contributed by atoms with Gasteiger partial charge in [-0.3, -0.25) is 9.59 Å². The zero-order chi connectivity index (χ0) is 23.3. The van der Waals surface area contributed by atoms with Gasteiger partial charge in [-0.15, -0.1) is 11.3 Å². The van der Waals surface area contributed by atoms with Crippen molar-refractivity contribution in [2.75, 3.05) is 16.4 Å². The maximum absolute atomic E-state index is 13.4. The third kappa shape index (κ3) is 5.02. The van der Waals surface area contributed by atoms with Gasteiger partial charge < -0.3 is 10.6 Å². The van der Waals surface area contributed by atoms with E-state index < -0.39 is 11.3 Å². The minimum Gasteiger partial charge on any atom is -0.322 e. The zero-order valence-electron chi connectivity index (χ0n) is 18.3. The molecule has 9 heteroatoms. The van der Waals surface area contributed by atoms with Gasteiger partial charge in [-0.25, -0.2) is 9.98 Å². The summed E-state index contributed by atoms with van der Waals surface area (Å²) in [5.74, 6) is -0.821. The molecule has 1 saturated carbocycles. The molecule has 2 amide bonds. The third-order valence-corrected chi connectivity index (χ3v) is 7.82. The molecule has 4 rings (SSSR count). The fraction of sp³-hybridized carbons (Fsp3) is 0.375. The van der Waals surface area contributed by atoms with E-state index in [1.54, 1.807) is 11.6 Å². The normalized spacial score (nSPS) is 19.5. The molecule has 0 saturated heterocycles. The average molecular weight is 480 g/mol. The number of nitriles is 1. The maximum Gasteiger partial charge on any atom is 0.254 e. The minimum absolute atomic E-state index is 0.130. The number of aromatic nitrogens is 1. The number of carbonyl (C=O) groups excluding carboxylic acids is 2. The number of para-hydroxylation sites is 1. The molecule has 2 aromatic rings. The molecule has 1 unspecified atom stereocenters. The van der Waals surface area contributed by atoms with Crippen LogP contribution in [0.5, 0.6) is 0 Å². The van der Waals surface area contributed by atoms with E-state index in [4.69, 9.17) is 0 Å². The molecule has 1 spiro atoms. The summed E-state index contributed by atoms with van der Waals surface area (Å²) in [6.45, 7) is 1.83. The lowest BCUT2D eigenvalue weighted by molar-refractivity contribution is -0.115. The molecule has 1 aliphatic carbocycles. The molecule has 0 radical (unpaired) electrons. The second-order valence-corrected chi connectivity index (χ2v) is 10.1. The molecular formula is C24H25N5O2S2.